The van der Waals surface area contributed by atoms with E-state index in [0.29, 0.717) is 18.3 Å². The van der Waals surface area contributed by atoms with Crippen LogP contribution in [0.2, 0.25) is 0 Å². The molecule has 0 aliphatic heterocycles. The van der Waals surface area contributed by atoms with Crippen LogP contribution in [-0.4, -0.2) is 25.3 Å². The molecule has 0 saturated carbocycles. The number of ether oxygens (including phenoxy) is 2. The summed E-state index contributed by atoms with van der Waals surface area (Å²) in [5.74, 6) is 1.43. The van der Waals surface area contributed by atoms with E-state index in [1.54, 1.807) is 6.21 Å². The Morgan fingerprint density at radius 3 is 2.65 bits per heavy atom. The molecule has 0 saturated heterocycles. The number of rotatable bonds is 8. The normalized spacial score (nSPS) is 11.0. The first-order valence-electron chi connectivity index (χ1n) is 8.47. The fraction of sp³-hybridized carbons (Fsp3) is 0.300. The second-order valence-electron chi connectivity index (χ2n) is 5.90. The molecule has 1 amide bonds. The maximum absolute atomic E-state index is 11.9. The summed E-state index contributed by atoms with van der Waals surface area (Å²) in [5.41, 5.74) is 4.45. The van der Waals surface area contributed by atoms with Crippen molar-refractivity contribution in [3.63, 3.8) is 0 Å². The monoisotopic (exact) mass is 418 g/mol. The molecule has 0 heterocycles. The topological polar surface area (TPSA) is 59.9 Å². The van der Waals surface area contributed by atoms with Crippen LogP contribution in [0.25, 0.3) is 0 Å². The minimum Gasteiger partial charge on any atom is -0.493 e. The van der Waals surface area contributed by atoms with Crippen LogP contribution in [0.15, 0.2) is 52.0 Å². The Labute approximate surface area is 162 Å². The number of nitrogens with one attached hydrogen (secondary N) is 1. The molecule has 26 heavy (non-hydrogen) atoms. The summed E-state index contributed by atoms with van der Waals surface area (Å²) in [6.45, 7) is 6.60. The van der Waals surface area contributed by atoms with Gasteiger partial charge in [0.05, 0.1) is 17.3 Å². The molecule has 0 bridgehead atoms. The van der Waals surface area contributed by atoms with Gasteiger partial charge in [-0.25, -0.2) is 5.43 Å². The number of amides is 1. The van der Waals surface area contributed by atoms with Crippen molar-refractivity contribution in [1.29, 1.82) is 0 Å². The van der Waals surface area contributed by atoms with Crippen LogP contribution in [0.4, 0.5) is 0 Å². The summed E-state index contributed by atoms with van der Waals surface area (Å²) in [4.78, 5) is 11.9. The number of carbonyl (C=O) groups is 1. The van der Waals surface area contributed by atoms with Gasteiger partial charge in [-0.2, -0.15) is 5.10 Å². The van der Waals surface area contributed by atoms with E-state index in [2.05, 4.69) is 40.3 Å². The molecule has 2 aromatic carbocycles. The number of carbonyl (C=O) groups excluding carboxylic acids is 1. The minimum atomic E-state index is -0.338. The van der Waals surface area contributed by atoms with Gasteiger partial charge in [-0.15, -0.1) is 0 Å². The number of halogens is 1. The summed E-state index contributed by atoms with van der Waals surface area (Å²) in [6, 6.07) is 13.3. The first-order valence-corrected chi connectivity index (χ1v) is 9.26. The van der Waals surface area contributed by atoms with Gasteiger partial charge in [-0.05, 0) is 58.6 Å². The van der Waals surface area contributed by atoms with Gasteiger partial charge < -0.3 is 9.47 Å². The highest BCUT2D eigenvalue weighted by molar-refractivity contribution is 9.10. The first-order chi connectivity index (χ1) is 12.5. The molecule has 0 aromatic heterocycles. The standard InChI is InChI=1S/C20H23BrN2O3/c1-4-25-18-8-6-5-7-16(18)12-22-23-20(24)13-26-19-10-9-15(14(2)3)11-17(19)21/h5-12,14H,4,13H2,1-3H3,(H,23,24). The number of nitrogens with zero attached hydrogens (tertiary/aromatic N) is 1. The van der Waals surface area contributed by atoms with Crippen molar-refractivity contribution >= 4 is 28.1 Å². The van der Waals surface area contributed by atoms with Gasteiger partial charge in [0.1, 0.15) is 11.5 Å². The summed E-state index contributed by atoms with van der Waals surface area (Å²) in [7, 11) is 0. The van der Waals surface area contributed by atoms with Crippen LogP contribution in [0.5, 0.6) is 11.5 Å². The Morgan fingerprint density at radius 2 is 1.96 bits per heavy atom. The Hall–Kier alpha value is -2.34. The molecule has 138 valence electrons. The van der Waals surface area contributed by atoms with Gasteiger partial charge in [-0.3, -0.25) is 4.79 Å². The van der Waals surface area contributed by atoms with Gasteiger partial charge in [0.15, 0.2) is 6.61 Å². The fourth-order valence-electron chi connectivity index (χ4n) is 2.22. The van der Waals surface area contributed by atoms with Crippen LogP contribution in [0.3, 0.4) is 0 Å². The first kappa shape index (κ1) is 20.0. The molecule has 6 heteroatoms. The molecular weight excluding hydrogens is 396 g/mol. The quantitative estimate of drug-likeness (QED) is 0.506. The number of benzene rings is 2. The average molecular weight is 419 g/mol. The average Bonchev–Trinajstić information content (AvgIpc) is 2.62. The maximum Gasteiger partial charge on any atom is 0.277 e. The van der Waals surface area contributed by atoms with Crippen LogP contribution < -0.4 is 14.9 Å². The van der Waals surface area contributed by atoms with E-state index in [0.717, 1.165) is 15.8 Å². The van der Waals surface area contributed by atoms with Crippen LogP contribution in [0.1, 0.15) is 37.8 Å². The summed E-state index contributed by atoms with van der Waals surface area (Å²) in [6.07, 6.45) is 1.55. The third-order valence-electron chi connectivity index (χ3n) is 3.59. The highest BCUT2D eigenvalue weighted by atomic mass is 79.9. The Bertz CT molecular complexity index is 775. The fourth-order valence-corrected chi connectivity index (χ4v) is 2.73. The van der Waals surface area contributed by atoms with E-state index in [-0.39, 0.29) is 12.5 Å². The number of para-hydroxylation sites is 1. The summed E-state index contributed by atoms with van der Waals surface area (Å²) in [5, 5.41) is 3.96. The Morgan fingerprint density at radius 1 is 1.19 bits per heavy atom. The molecule has 0 fully saturated rings. The third kappa shape index (κ3) is 5.88. The predicted octanol–water partition coefficient (Wildman–Crippen LogP) is 4.50. The molecule has 0 radical (unpaired) electrons. The van der Waals surface area contributed by atoms with Crippen LogP contribution >= 0.6 is 15.9 Å². The zero-order valence-corrected chi connectivity index (χ0v) is 16.7. The van der Waals surface area contributed by atoms with Gasteiger partial charge in [0, 0.05) is 5.56 Å². The lowest BCUT2D eigenvalue weighted by Crippen LogP contribution is -2.24. The van der Waals surface area contributed by atoms with E-state index in [9.17, 15) is 4.79 Å². The molecule has 1 N–H and O–H groups in total. The smallest absolute Gasteiger partial charge is 0.277 e. The predicted molar refractivity (Wildman–Crippen MR) is 107 cm³/mol. The van der Waals surface area contributed by atoms with E-state index >= 15 is 0 Å². The van der Waals surface area contributed by atoms with Crippen molar-refractivity contribution < 1.29 is 14.3 Å². The van der Waals surface area contributed by atoms with Crippen LogP contribution in [0, 0.1) is 0 Å². The highest BCUT2D eigenvalue weighted by Crippen LogP contribution is 2.28. The molecule has 0 aliphatic rings. The van der Waals surface area contributed by atoms with Crippen molar-refractivity contribution in [2.24, 2.45) is 5.10 Å². The zero-order chi connectivity index (χ0) is 18.9. The third-order valence-corrected chi connectivity index (χ3v) is 4.21. The zero-order valence-electron chi connectivity index (χ0n) is 15.2. The summed E-state index contributed by atoms with van der Waals surface area (Å²) >= 11 is 3.47. The SMILES string of the molecule is CCOc1ccccc1C=NNC(=O)COc1ccc(C(C)C)cc1Br. The molecular formula is C20H23BrN2O3. The molecule has 0 aliphatic carbocycles. The van der Waals surface area contributed by atoms with Crippen LogP contribution in [-0.2, 0) is 4.79 Å². The molecule has 0 atom stereocenters. The Kier molecular flexibility index (Phi) is 7.66. The number of hydrazone groups is 1. The maximum atomic E-state index is 11.9. The Balaban J connectivity index is 1.88. The van der Waals surface area contributed by atoms with E-state index in [1.807, 2.05) is 49.4 Å². The highest BCUT2D eigenvalue weighted by Gasteiger charge is 2.08. The van der Waals surface area contributed by atoms with Gasteiger partial charge in [-0.1, -0.05) is 32.0 Å². The minimum absolute atomic E-state index is 0.121. The molecule has 0 unspecified atom stereocenters. The number of hydrogen-bond acceptors (Lipinski definition) is 4. The van der Waals surface area contributed by atoms with Crippen molar-refractivity contribution in [3.8, 4) is 11.5 Å². The van der Waals surface area contributed by atoms with Crippen molar-refractivity contribution in [3.05, 3.63) is 58.1 Å². The largest absolute Gasteiger partial charge is 0.493 e. The van der Waals surface area contributed by atoms with E-state index < -0.39 is 0 Å². The molecule has 2 aromatic rings. The van der Waals surface area contributed by atoms with Crippen molar-refractivity contribution in [2.75, 3.05) is 13.2 Å². The van der Waals surface area contributed by atoms with E-state index in [4.69, 9.17) is 9.47 Å². The van der Waals surface area contributed by atoms with E-state index in [1.165, 1.54) is 5.56 Å². The second-order valence-corrected chi connectivity index (χ2v) is 6.75. The van der Waals surface area contributed by atoms with Gasteiger partial charge >= 0.3 is 0 Å². The lowest BCUT2D eigenvalue weighted by molar-refractivity contribution is -0.123. The molecule has 5 nitrogen and oxygen atoms in total. The lowest BCUT2D eigenvalue weighted by atomic mass is 10.0. The van der Waals surface area contributed by atoms with Crippen molar-refractivity contribution in [1.82, 2.24) is 5.43 Å². The van der Waals surface area contributed by atoms with Crippen molar-refractivity contribution in [2.45, 2.75) is 26.7 Å². The molecule has 2 rings (SSSR count). The lowest BCUT2D eigenvalue weighted by Gasteiger charge is -2.11. The second kappa shape index (κ2) is 9.97. The summed E-state index contributed by atoms with van der Waals surface area (Å²) < 4.78 is 11.9. The molecule has 0 spiro atoms. The van der Waals surface area contributed by atoms with Gasteiger partial charge in [0.2, 0.25) is 0 Å². The van der Waals surface area contributed by atoms with Gasteiger partial charge in [0.25, 0.3) is 5.91 Å². The number of hydrogen-bond donors (Lipinski definition) is 1.